The summed E-state index contributed by atoms with van der Waals surface area (Å²) >= 11 is 0. The number of likely N-dealkylation sites (tertiary alicyclic amines) is 1. The highest BCUT2D eigenvalue weighted by molar-refractivity contribution is 5.81. The lowest BCUT2D eigenvalue weighted by molar-refractivity contribution is -0.135. The topological polar surface area (TPSA) is 56.7 Å². The predicted octanol–water partition coefficient (Wildman–Crippen LogP) is 3.10. The molecular weight excluding hydrogens is 355 g/mol. The molecule has 1 atom stereocenters. The standard InChI is InChI=1S/C22H33FN4O/c1-2-24-22(25-13-11-17-7-6-10-19(23)15-17)26-20-12-14-27(16-20)21(28)18-8-4-3-5-9-18/h6-7,10,15,18,20H,2-5,8-9,11-14,16H2,1H3,(H2,24,25,26). The molecule has 6 heteroatoms. The number of hydrogen-bond donors (Lipinski definition) is 2. The summed E-state index contributed by atoms with van der Waals surface area (Å²) in [6, 6.07) is 6.90. The monoisotopic (exact) mass is 388 g/mol. The number of benzene rings is 1. The molecule has 2 fully saturated rings. The Bertz CT molecular complexity index is 672. The molecule has 1 aromatic rings. The third-order valence-corrected chi connectivity index (χ3v) is 5.70. The first-order chi connectivity index (χ1) is 13.7. The fourth-order valence-electron chi connectivity index (χ4n) is 4.19. The van der Waals surface area contributed by atoms with E-state index in [1.807, 2.05) is 17.9 Å². The van der Waals surface area contributed by atoms with Crippen molar-refractivity contribution in [1.82, 2.24) is 15.5 Å². The molecule has 154 valence electrons. The van der Waals surface area contributed by atoms with E-state index in [9.17, 15) is 9.18 Å². The summed E-state index contributed by atoms with van der Waals surface area (Å²) in [5.74, 6) is 1.15. The van der Waals surface area contributed by atoms with Crippen LogP contribution in [0.5, 0.6) is 0 Å². The maximum atomic E-state index is 13.3. The van der Waals surface area contributed by atoms with Gasteiger partial charge in [-0.25, -0.2) is 4.39 Å². The molecule has 0 spiro atoms. The Labute approximate surface area is 167 Å². The first kappa shape index (κ1) is 20.6. The summed E-state index contributed by atoms with van der Waals surface area (Å²) in [6.45, 7) is 5.00. The van der Waals surface area contributed by atoms with Crippen molar-refractivity contribution in [3.05, 3.63) is 35.6 Å². The van der Waals surface area contributed by atoms with E-state index in [0.29, 0.717) is 18.9 Å². The molecule has 0 radical (unpaired) electrons. The summed E-state index contributed by atoms with van der Waals surface area (Å²) in [7, 11) is 0. The molecule has 0 aromatic heterocycles. The van der Waals surface area contributed by atoms with Crippen LogP contribution in [0.1, 0.15) is 51.0 Å². The highest BCUT2D eigenvalue weighted by Gasteiger charge is 2.31. The number of aliphatic imine (C=N–C) groups is 1. The van der Waals surface area contributed by atoms with Gasteiger partial charge in [0.2, 0.25) is 5.91 Å². The number of amides is 1. The van der Waals surface area contributed by atoms with Gasteiger partial charge in [0.15, 0.2) is 5.96 Å². The van der Waals surface area contributed by atoms with Gasteiger partial charge in [-0.05, 0) is 50.3 Å². The molecule has 0 bridgehead atoms. The fourth-order valence-corrected chi connectivity index (χ4v) is 4.19. The minimum absolute atomic E-state index is 0.208. The van der Waals surface area contributed by atoms with Gasteiger partial charge in [0.05, 0.1) is 0 Å². The average Bonchev–Trinajstić information content (AvgIpc) is 3.17. The first-order valence-electron chi connectivity index (χ1n) is 10.7. The minimum atomic E-state index is -0.208. The molecule has 1 aromatic carbocycles. The Balaban J connectivity index is 1.49. The van der Waals surface area contributed by atoms with Crippen LogP contribution in [-0.4, -0.2) is 49.0 Å². The highest BCUT2D eigenvalue weighted by Crippen LogP contribution is 2.26. The van der Waals surface area contributed by atoms with Crippen molar-refractivity contribution >= 4 is 11.9 Å². The lowest BCUT2D eigenvalue weighted by Gasteiger charge is -2.26. The number of guanidine groups is 1. The van der Waals surface area contributed by atoms with Gasteiger partial charge in [0, 0.05) is 38.1 Å². The molecule has 2 N–H and O–H groups in total. The van der Waals surface area contributed by atoms with E-state index in [-0.39, 0.29) is 17.8 Å². The lowest BCUT2D eigenvalue weighted by Crippen LogP contribution is -2.45. The Morgan fingerprint density at radius 3 is 2.82 bits per heavy atom. The first-order valence-corrected chi connectivity index (χ1v) is 10.7. The molecule has 1 saturated heterocycles. The molecule has 1 heterocycles. The van der Waals surface area contributed by atoms with Gasteiger partial charge in [-0.15, -0.1) is 0 Å². The van der Waals surface area contributed by atoms with E-state index in [0.717, 1.165) is 50.4 Å². The van der Waals surface area contributed by atoms with Crippen molar-refractivity contribution in [2.45, 2.75) is 57.9 Å². The zero-order valence-electron chi connectivity index (χ0n) is 16.9. The van der Waals surface area contributed by atoms with Crippen LogP contribution in [0, 0.1) is 11.7 Å². The van der Waals surface area contributed by atoms with Crippen molar-refractivity contribution < 1.29 is 9.18 Å². The summed E-state index contributed by atoms with van der Waals surface area (Å²) in [4.78, 5) is 19.4. The maximum absolute atomic E-state index is 13.3. The largest absolute Gasteiger partial charge is 0.357 e. The molecule has 1 unspecified atom stereocenters. The molecule has 28 heavy (non-hydrogen) atoms. The second kappa shape index (κ2) is 10.4. The van der Waals surface area contributed by atoms with Crippen molar-refractivity contribution in [1.29, 1.82) is 0 Å². The minimum Gasteiger partial charge on any atom is -0.357 e. The zero-order valence-corrected chi connectivity index (χ0v) is 16.9. The van der Waals surface area contributed by atoms with Gasteiger partial charge in [-0.1, -0.05) is 31.4 Å². The van der Waals surface area contributed by atoms with Gasteiger partial charge in [0.1, 0.15) is 5.82 Å². The summed E-state index contributed by atoms with van der Waals surface area (Å²) in [6.07, 6.45) is 7.41. The quantitative estimate of drug-likeness (QED) is 0.582. The van der Waals surface area contributed by atoms with Crippen molar-refractivity contribution in [2.75, 3.05) is 26.2 Å². The number of carbonyl (C=O) groups excluding carboxylic acids is 1. The third kappa shape index (κ3) is 5.94. The number of rotatable bonds is 6. The van der Waals surface area contributed by atoms with Gasteiger partial charge < -0.3 is 15.5 Å². The Kier molecular flexibility index (Phi) is 7.69. The fraction of sp³-hybridized carbons (Fsp3) is 0.636. The predicted molar refractivity (Wildman–Crippen MR) is 111 cm³/mol. The normalized spacial score (nSPS) is 21.0. The lowest BCUT2D eigenvalue weighted by atomic mass is 9.88. The van der Waals surface area contributed by atoms with Gasteiger partial charge in [-0.3, -0.25) is 9.79 Å². The molecule has 1 saturated carbocycles. The van der Waals surface area contributed by atoms with Crippen LogP contribution in [0.15, 0.2) is 29.3 Å². The van der Waals surface area contributed by atoms with Crippen LogP contribution < -0.4 is 10.6 Å². The van der Waals surface area contributed by atoms with Crippen LogP contribution in [0.25, 0.3) is 0 Å². The van der Waals surface area contributed by atoms with Crippen molar-refractivity contribution in [2.24, 2.45) is 10.9 Å². The van der Waals surface area contributed by atoms with Gasteiger partial charge in [0.25, 0.3) is 0 Å². The summed E-state index contributed by atoms with van der Waals surface area (Å²) in [5.41, 5.74) is 0.949. The highest BCUT2D eigenvalue weighted by atomic mass is 19.1. The van der Waals surface area contributed by atoms with Crippen LogP contribution >= 0.6 is 0 Å². The van der Waals surface area contributed by atoms with Gasteiger partial charge in [-0.2, -0.15) is 0 Å². The van der Waals surface area contributed by atoms with E-state index in [1.165, 1.54) is 25.3 Å². The van der Waals surface area contributed by atoms with E-state index >= 15 is 0 Å². The van der Waals surface area contributed by atoms with E-state index in [1.54, 1.807) is 12.1 Å². The van der Waals surface area contributed by atoms with Gasteiger partial charge >= 0.3 is 0 Å². The number of nitrogens with zero attached hydrogens (tertiary/aromatic N) is 2. The average molecular weight is 389 g/mol. The second-order valence-corrected chi connectivity index (χ2v) is 7.89. The molecule has 3 rings (SSSR count). The Morgan fingerprint density at radius 2 is 2.07 bits per heavy atom. The Morgan fingerprint density at radius 1 is 1.25 bits per heavy atom. The third-order valence-electron chi connectivity index (χ3n) is 5.70. The molecule has 1 aliphatic heterocycles. The SMILES string of the molecule is CCNC(=NCCc1cccc(F)c1)NC1CCN(C(=O)C2CCCCC2)C1. The second-order valence-electron chi connectivity index (χ2n) is 7.89. The van der Waals surface area contributed by atoms with Crippen LogP contribution in [0.2, 0.25) is 0 Å². The van der Waals surface area contributed by atoms with E-state index in [4.69, 9.17) is 0 Å². The molecule has 5 nitrogen and oxygen atoms in total. The van der Waals surface area contributed by atoms with Crippen LogP contribution in [0.3, 0.4) is 0 Å². The number of hydrogen-bond acceptors (Lipinski definition) is 2. The zero-order chi connectivity index (χ0) is 19.8. The number of nitrogens with one attached hydrogen (secondary N) is 2. The van der Waals surface area contributed by atoms with E-state index < -0.39 is 0 Å². The summed E-state index contributed by atoms with van der Waals surface area (Å²) in [5, 5.41) is 6.75. The molecule has 1 amide bonds. The smallest absolute Gasteiger partial charge is 0.225 e. The molecule has 2 aliphatic rings. The van der Waals surface area contributed by atoms with Crippen molar-refractivity contribution in [3.8, 4) is 0 Å². The maximum Gasteiger partial charge on any atom is 0.225 e. The number of carbonyl (C=O) groups is 1. The van der Waals surface area contributed by atoms with Crippen LogP contribution in [-0.2, 0) is 11.2 Å². The molecule has 1 aliphatic carbocycles. The Hall–Kier alpha value is -2.11. The van der Waals surface area contributed by atoms with Crippen LogP contribution in [0.4, 0.5) is 4.39 Å². The van der Waals surface area contributed by atoms with E-state index in [2.05, 4.69) is 15.6 Å². The number of halogens is 1. The van der Waals surface area contributed by atoms with Crippen molar-refractivity contribution in [3.63, 3.8) is 0 Å². The summed E-state index contributed by atoms with van der Waals surface area (Å²) < 4.78 is 13.3. The molecular formula is C22H33FN4O.